The molecule has 23 heavy (non-hydrogen) atoms. The first kappa shape index (κ1) is 18.2. The summed E-state index contributed by atoms with van der Waals surface area (Å²) in [7, 11) is 1.95. The van der Waals surface area contributed by atoms with Gasteiger partial charge in [0, 0.05) is 45.7 Å². The number of hydrogen-bond acceptors (Lipinski definition) is 4. The lowest BCUT2D eigenvalue weighted by atomic mass is 9.94. The van der Waals surface area contributed by atoms with Gasteiger partial charge in [0.2, 0.25) is 11.8 Å². The lowest BCUT2D eigenvalue weighted by Crippen LogP contribution is -2.52. The molecule has 6 heteroatoms. The van der Waals surface area contributed by atoms with E-state index in [1.807, 2.05) is 16.8 Å². The summed E-state index contributed by atoms with van der Waals surface area (Å²) < 4.78 is 0. The van der Waals surface area contributed by atoms with Crippen molar-refractivity contribution in [2.75, 3.05) is 46.3 Å². The number of nitrogens with two attached hydrogens (primary N) is 1. The van der Waals surface area contributed by atoms with Gasteiger partial charge < -0.3 is 15.5 Å². The third-order valence-corrected chi connectivity index (χ3v) is 5.19. The van der Waals surface area contributed by atoms with Gasteiger partial charge in [0.05, 0.1) is 6.54 Å². The van der Waals surface area contributed by atoms with E-state index in [0.29, 0.717) is 25.6 Å². The molecule has 2 N–H and O–H groups in total. The molecule has 1 saturated carbocycles. The summed E-state index contributed by atoms with van der Waals surface area (Å²) in [6, 6.07) is 0.426. The zero-order valence-corrected chi connectivity index (χ0v) is 14.5. The van der Waals surface area contributed by atoms with Crippen LogP contribution < -0.4 is 5.73 Å². The maximum Gasteiger partial charge on any atom is 0.236 e. The van der Waals surface area contributed by atoms with Crippen LogP contribution in [-0.4, -0.2) is 78.9 Å². The maximum atomic E-state index is 12.5. The number of likely N-dealkylation sites (N-methyl/N-ethyl adjacent to an activating group) is 1. The molecule has 2 rings (SSSR count). The van der Waals surface area contributed by atoms with Crippen molar-refractivity contribution in [3.8, 4) is 0 Å². The van der Waals surface area contributed by atoms with Crippen molar-refractivity contribution in [1.29, 1.82) is 0 Å². The smallest absolute Gasteiger partial charge is 0.236 e. The Bertz CT molecular complexity index is 388. The number of piperazine rings is 1. The van der Waals surface area contributed by atoms with Gasteiger partial charge in [-0.2, -0.15) is 0 Å². The molecule has 132 valence electrons. The topological polar surface area (TPSA) is 69.9 Å². The summed E-state index contributed by atoms with van der Waals surface area (Å²) in [6.07, 6.45) is 7.37. The minimum absolute atomic E-state index is 0.195. The van der Waals surface area contributed by atoms with Crippen LogP contribution in [0.15, 0.2) is 0 Å². The summed E-state index contributed by atoms with van der Waals surface area (Å²) in [4.78, 5) is 30.5. The molecule has 1 heterocycles. The van der Waals surface area contributed by atoms with Crippen molar-refractivity contribution in [2.24, 2.45) is 5.73 Å². The van der Waals surface area contributed by atoms with E-state index in [4.69, 9.17) is 5.73 Å². The highest BCUT2D eigenvalue weighted by molar-refractivity contribution is 5.78. The number of carbonyl (C=O) groups is 2. The Morgan fingerprint density at radius 1 is 1.09 bits per heavy atom. The Balaban J connectivity index is 1.70. The summed E-state index contributed by atoms with van der Waals surface area (Å²) >= 11 is 0. The average molecular weight is 324 g/mol. The highest BCUT2D eigenvalue weighted by Gasteiger charge is 2.26. The van der Waals surface area contributed by atoms with Gasteiger partial charge in [0.15, 0.2) is 0 Å². The standard InChI is InChI=1S/C17H32N4O2/c1-19(15-6-3-2-4-7-15)17(23)14-20-10-12-21(13-11-20)16(22)8-5-9-18/h15H,2-14,18H2,1H3. The minimum atomic E-state index is 0.195. The molecular weight excluding hydrogens is 292 g/mol. The Kier molecular flexibility index (Phi) is 7.30. The normalized spacial score (nSPS) is 20.5. The van der Waals surface area contributed by atoms with Gasteiger partial charge in [0.25, 0.3) is 0 Å². The average Bonchev–Trinajstić information content (AvgIpc) is 2.60. The molecule has 0 unspecified atom stereocenters. The van der Waals surface area contributed by atoms with Gasteiger partial charge in [-0.25, -0.2) is 0 Å². The predicted octanol–water partition coefficient (Wildman–Crippen LogP) is 0.661. The highest BCUT2D eigenvalue weighted by Crippen LogP contribution is 2.21. The van der Waals surface area contributed by atoms with E-state index < -0.39 is 0 Å². The summed E-state index contributed by atoms with van der Waals surface area (Å²) in [6.45, 7) is 4.08. The van der Waals surface area contributed by atoms with Gasteiger partial charge in [-0.15, -0.1) is 0 Å². The Morgan fingerprint density at radius 2 is 1.74 bits per heavy atom. The van der Waals surface area contributed by atoms with Crippen LogP contribution in [0.2, 0.25) is 0 Å². The lowest BCUT2D eigenvalue weighted by molar-refractivity contribution is -0.136. The van der Waals surface area contributed by atoms with E-state index >= 15 is 0 Å². The second-order valence-corrected chi connectivity index (χ2v) is 6.85. The zero-order valence-electron chi connectivity index (χ0n) is 14.5. The van der Waals surface area contributed by atoms with Crippen molar-refractivity contribution in [3.63, 3.8) is 0 Å². The molecule has 2 aliphatic rings. The summed E-state index contributed by atoms with van der Waals surface area (Å²) in [5.41, 5.74) is 5.45. The van der Waals surface area contributed by atoms with E-state index in [1.165, 1.54) is 19.3 Å². The van der Waals surface area contributed by atoms with E-state index in [9.17, 15) is 9.59 Å². The van der Waals surface area contributed by atoms with Crippen molar-refractivity contribution in [2.45, 2.75) is 51.0 Å². The molecule has 1 saturated heterocycles. The van der Waals surface area contributed by atoms with E-state index in [2.05, 4.69) is 4.90 Å². The van der Waals surface area contributed by atoms with Gasteiger partial charge in [-0.1, -0.05) is 19.3 Å². The second-order valence-electron chi connectivity index (χ2n) is 6.85. The van der Waals surface area contributed by atoms with Crippen molar-refractivity contribution in [1.82, 2.24) is 14.7 Å². The molecule has 0 aromatic rings. The van der Waals surface area contributed by atoms with Crippen LogP contribution in [0.25, 0.3) is 0 Å². The van der Waals surface area contributed by atoms with Crippen molar-refractivity contribution < 1.29 is 9.59 Å². The van der Waals surface area contributed by atoms with Crippen LogP contribution in [0.1, 0.15) is 44.9 Å². The van der Waals surface area contributed by atoms with Crippen LogP contribution in [0.4, 0.5) is 0 Å². The van der Waals surface area contributed by atoms with E-state index in [-0.39, 0.29) is 11.8 Å². The fourth-order valence-corrected chi connectivity index (χ4v) is 3.54. The van der Waals surface area contributed by atoms with Crippen LogP contribution in [-0.2, 0) is 9.59 Å². The third-order valence-electron chi connectivity index (χ3n) is 5.19. The second kappa shape index (κ2) is 9.23. The monoisotopic (exact) mass is 324 g/mol. The van der Waals surface area contributed by atoms with Crippen molar-refractivity contribution >= 4 is 11.8 Å². The van der Waals surface area contributed by atoms with Crippen LogP contribution in [0.5, 0.6) is 0 Å². The van der Waals surface area contributed by atoms with Gasteiger partial charge in [-0.3, -0.25) is 14.5 Å². The molecule has 1 aliphatic carbocycles. The molecule has 0 aromatic heterocycles. The van der Waals surface area contributed by atoms with Crippen LogP contribution in [0.3, 0.4) is 0 Å². The predicted molar refractivity (Wildman–Crippen MR) is 91.0 cm³/mol. The number of amides is 2. The molecule has 1 aliphatic heterocycles. The molecule has 0 atom stereocenters. The maximum absolute atomic E-state index is 12.5. The van der Waals surface area contributed by atoms with E-state index in [0.717, 1.165) is 45.4 Å². The van der Waals surface area contributed by atoms with Crippen LogP contribution >= 0.6 is 0 Å². The number of nitrogens with zero attached hydrogens (tertiary/aromatic N) is 3. The first-order valence-corrected chi connectivity index (χ1v) is 9.07. The van der Waals surface area contributed by atoms with E-state index in [1.54, 1.807) is 0 Å². The fourth-order valence-electron chi connectivity index (χ4n) is 3.54. The molecule has 0 bridgehead atoms. The summed E-state index contributed by atoms with van der Waals surface area (Å²) in [5, 5.41) is 0. The highest BCUT2D eigenvalue weighted by atomic mass is 16.2. The molecule has 0 aromatic carbocycles. The molecular formula is C17H32N4O2. The summed E-state index contributed by atoms with van der Waals surface area (Å²) in [5.74, 6) is 0.417. The fraction of sp³-hybridized carbons (Fsp3) is 0.882. The minimum Gasteiger partial charge on any atom is -0.342 e. The number of rotatable bonds is 6. The zero-order chi connectivity index (χ0) is 16.7. The SMILES string of the molecule is CN(C(=O)CN1CCN(C(=O)CCCN)CC1)C1CCCCC1. The van der Waals surface area contributed by atoms with Gasteiger partial charge in [-0.05, 0) is 25.8 Å². The largest absolute Gasteiger partial charge is 0.342 e. The number of carbonyl (C=O) groups excluding carboxylic acids is 2. The molecule has 2 amide bonds. The van der Waals surface area contributed by atoms with Gasteiger partial charge in [0.1, 0.15) is 0 Å². The van der Waals surface area contributed by atoms with Gasteiger partial charge >= 0.3 is 0 Å². The lowest BCUT2D eigenvalue weighted by Gasteiger charge is -2.37. The first-order valence-electron chi connectivity index (χ1n) is 9.07. The third kappa shape index (κ3) is 5.46. The number of hydrogen-bond donors (Lipinski definition) is 1. The van der Waals surface area contributed by atoms with Crippen molar-refractivity contribution in [3.05, 3.63) is 0 Å². The van der Waals surface area contributed by atoms with Crippen LogP contribution in [0, 0.1) is 0 Å². The molecule has 2 fully saturated rings. The molecule has 0 spiro atoms. The Hall–Kier alpha value is -1.14. The molecule has 6 nitrogen and oxygen atoms in total. The quantitative estimate of drug-likeness (QED) is 0.779. The first-order chi connectivity index (χ1) is 11.1. The molecule has 0 radical (unpaired) electrons. The Labute approximate surface area is 140 Å². The Morgan fingerprint density at radius 3 is 2.35 bits per heavy atom.